The summed E-state index contributed by atoms with van der Waals surface area (Å²) in [5.41, 5.74) is -0.659. The van der Waals surface area contributed by atoms with Crippen molar-refractivity contribution in [2.24, 2.45) is 5.92 Å². The molecule has 1 aromatic heterocycles. The van der Waals surface area contributed by atoms with Gasteiger partial charge in [0.25, 0.3) is 5.88 Å². The lowest BCUT2D eigenvalue weighted by Crippen LogP contribution is -2.54. The van der Waals surface area contributed by atoms with Gasteiger partial charge in [0, 0.05) is 32.0 Å². The summed E-state index contributed by atoms with van der Waals surface area (Å²) in [6.45, 7) is 9.74. The number of pyridine rings is 1. The van der Waals surface area contributed by atoms with Crippen molar-refractivity contribution in [1.82, 2.24) is 15.2 Å². The van der Waals surface area contributed by atoms with E-state index in [9.17, 15) is 18.4 Å². The summed E-state index contributed by atoms with van der Waals surface area (Å²) in [4.78, 5) is 30.3. The van der Waals surface area contributed by atoms with Gasteiger partial charge in [-0.3, -0.25) is 4.79 Å². The fourth-order valence-corrected chi connectivity index (χ4v) is 2.99. The summed E-state index contributed by atoms with van der Waals surface area (Å²) in [6, 6.07) is 0.00912. The van der Waals surface area contributed by atoms with Crippen molar-refractivity contribution in [2.75, 3.05) is 13.1 Å². The van der Waals surface area contributed by atoms with Crippen LogP contribution in [0.4, 0.5) is 13.6 Å². The molecule has 1 aliphatic rings. The molecule has 29 heavy (non-hydrogen) atoms. The van der Waals surface area contributed by atoms with Crippen LogP contribution in [0.3, 0.4) is 0 Å². The van der Waals surface area contributed by atoms with Crippen molar-refractivity contribution in [1.29, 1.82) is 0 Å². The third kappa shape index (κ3) is 6.83. The number of hydrogen-bond acceptors (Lipinski definition) is 5. The van der Waals surface area contributed by atoms with Gasteiger partial charge in [-0.2, -0.15) is 0 Å². The maximum Gasteiger partial charge on any atom is 0.408 e. The Morgan fingerprint density at radius 3 is 2.38 bits per heavy atom. The molecular weight excluding hydrogens is 384 g/mol. The Morgan fingerprint density at radius 2 is 1.86 bits per heavy atom. The number of amides is 2. The summed E-state index contributed by atoms with van der Waals surface area (Å²) in [5, 5.41) is 2.66. The minimum absolute atomic E-state index is 0.124. The van der Waals surface area contributed by atoms with Gasteiger partial charge in [-0.25, -0.2) is 18.6 Å². The van der Waals surface area contributed by atoms with Crippen LogP contribution in [-0.2, 0) is 9.53 Å². The van der Waals surface area contributed by atoms with Crippen LogP contribution in [0.25, 0.3) is 0 Å². The highest BCUT2D eigenvalue weighted by Crippen LogP contribution is 2.21. The third-order valence-electron chi connectivity index (χ3n) is 4.41. The smallest absolute Gasteiger partial charge is 0.408 e. The number of alkyl carbamates (subject to hydrolysis) is 1. The van der Waals surface area contributed by atoms with E-state index in [2.05, 4.69) is 10.3 Å². The standard InChI is InChI=1S/C20H29F2N3O4/c1-12(2)16(24-19(27)29-20(3,4)5)18(26)25-8-6-14(7-9-25)28-17-15(22)10-13(21)11-23-17/h10-12,14,16H,6-9H2,1-5H3,(H,24,27)/t16-/m0/s1. The number of nitrogens with zero attached hydrogens (tertiary/aromatic N) is 2. The van der Waals surface area contributed by atoms with E-state index in [4.69, 9.17) is 9.47 Å². The van der Waals surface area contributed by atoms with E-state index < -0.39 is 29.4 Å². The highest BCUT2D eigenvalue weighted by atomic mass is 19.1. The van der Waals surface area contributed by atoms with Crippen LogP contribution >= 0.6 is 0 Å². The molecule has 1 aliphatic heterocycles. The number of carbonyl (C=O) groups excluding carboxylic acids is 2. The Labute approximate surface area is 169 Å². The van der Waals surface area contributed by atoms with Crippen LogP contribution in [0.5, 0.6) is 5.88 Å². The largest absolute Gasteiger partial charge is 0.472 e. The van der Waals surface area contributed by atoms with E-state index in [1.807, 2.05) is 13.8 Å². The molecule has 0 unspecified atom stereocenters. The molecular formula is C20H29F2N3O4. The summed E-state index contributed by atoms with van der Waals surface area (Å²) >= 11 is 0. The van der Waals surface area contributed by atoms with E-state index >= 15 is 0 Å². The van der Waals surface area contributed by atoms with Crippen LogP contribution in [0.15, 0.2) is 12.3 Å². The number of nitrogens with one attached hydrogen (secondary N) is 1. The predicted molar refractivity (Wildman–Crippen MR) is 102 cm³/mol. The molecule has 1 N–H and O–H groups in total. The lowest BCUT2D eigenvalue weighted by atomic mass is 10.0. The lowest BCUT2D eigenvalue weighted by Gasteiger charge is -2.35. The first-order valence-electron chi connectivity index (χ1n) is 9.72. The van der Waals surface area contributed by atoms with Crippen LogP contribution in [0, 0.1) is 17.6 Å². The molecule has 2 rings (SSSR count). The SMILES string of the molecule is CC(C)[C@H](NC(=O)OC(C)(C)C)C(=O)N1CCC(Oc2ncc(F)cc2F)CC1. The van der Waals surface area contributed by atoms with Gasteiger partial charge in [0.1, 0.15) is 23.6 Å². The van der Waals surface area contributed by atoms with Crippen molar-refractivity contribution in [2.45, 2.75) is 65.2 Å². The van der Waals surface area contributed by atoms with Gasteiger partial charge in [-0.15, -0.1) is 0 Å². The number of piperidine rings is 1. The topological polar surface area (TPSA) is 80.8 Å². The van der Waals surface area contributed by atoms with Crippen LogP contribution < -0.4 is 10.1 Å². The fourth-order valence-electron chi connectivity index (χ4n) is 2.99. The van der Waals surface area contributed by atoms with Crippen LogP contribution in [0.2, 0.25) is 0 Å². The molecule has 2 amide bonds. The first-order chi connectivity index (χ1) is 13.5. The minimum Gasteiger partial charge on any atom is -0.472 e. The van der Waals surface area contributed by atoms with E-state index in [1.54, 1.807) is 25.7 Å². The normalized spacial score (nSPS) is 16.5. The monoisotopic (exact) mass is 413 g/mol. The van der Waals surface area contributed by atoms with E-state index in [0.717, 1.165) is 12.3 Å². The number of ether oxygens (including phenoxy) is 2. The minimum atomic E-state index is -0.857. The Balaban J connectivity index is 1.92. The second-order valence-corrected chi connectivity index (χ2v) is 8.45. The molecule has 1 saturated heterocycles. The quantitative estimate of drug-likeness (QED) is 0.801. The second kappa shape index (κ2) is 9.37. The van der Waals surface area contributed by atoms with Gasteiger partial charge < -0.3 is 19.7 Å². The molecule has 1 fully saturated rings. The number of halogens is 2. The highest BCUT2D eigenvalue weighted by molar-refractivity contribution is 5.86. The maximum atomic E-state index is 13.7. The zero-order valence-corrected chi connectivity index (χ0v) is 17.5. The Kier molecular flexibility index (Phi) is 7.37. The van der Waals surface area contributed by atoms with Crippen molar-refractivity contribution in [3.63, 3.8) is 0 Å². The second-order valence-electron chi connectivity index (χ2n) is 8.45. The molecule has 0 saturated carbocycles. The molecule has 1 aromatic rings. The summed E-state index contributed by atoms with van der Waals surface area (Å²) < 4.78 is 37.4. The fraction of sp³-hybridized carbons (Fsp3) is 0.650. The first kappa shape index (κ1) is 22.8. The highest BCUT2D eigenvalue weighted by Gasteiger charge is 2.33. The molecule has 7 nitrogen and oxygen atoms in total. The van der Waals surface area contributed by atoms with Crippen LogP contribution in [-0.4, -0.2) is 52.7 Å². The average molecular weight is 413 g/mol. The molecule has 0 spiro atoms. The average Bonchev–Trinajstić information content (AvgIpc) is 2.60. The Bertz CT molecular complexity index is 729. The van der Waals surface area contributed by atoms with Gasteiger partial charge in [-0.05, 0) is 26.7 Å². The molecule has 9 heteroatoms. The van der Waals surface area contributed by atoms with Crippen LogP contribution in [0.1, 0.15) is 47.5 Å². The molecule has 0 aromatic carbocycles. The Morgan fingerprint density at radius 1 is 1.24 bits per heavy atom. The lowest BCUT2D eigenvalue weighted by molar-refractivity contribution is -0.136. The number of rotatable bonds is 5. The molecule has 0 aliphatic carbocycles. The van der Waals surface area contributed by atoms with E-state index in [-0.39, 0.29) is 23.8 Å². The summed E-state index contributed by atoms with van der Waals surface area (Å²) in [5.74, 6) is -2.20. The van der Waals surface area contributed by atoms with Crippen molar-refractivity contribution < 1.29 is 27.8 Å². The molecule has 0 radical (unpaired) electrons. The number of carbonyl (C=O) groups is 2. The third-order valence-corrected chi connectivity index (χ3v) is 4.41. The number of likely N-dealkylation sites (tertiary alicyclic amines) is 1. The van der Waals surface area contributed by atoms with Crippen molar-refractivity contribution >= 4 is 12.0 Å². The molecule has 162 valence electrons. The molecule has 2 heterocycles. The molecule has 0 bridgehead atoms. The van der Waals surface area contributed by atoms with E-state index in [0.29, 0.717) is 25.9 Å². The van der Waals surface area contributed by atoms with Gasteiger partial charge in [0.05, 0.1) is 6.20 Å². The van der Waals surface area contributed by atoms with Gasteiger partial charge in [-0.1, -0.05) is 13.8 Å². The zero-order chi connectivity index (χ0) is 21.8. The maximum absolute atomic E-state index is 13.7. The van der Waals surface area contributed by atoms with Crippen molar-refractivity contribution in [3.05, 3.63) is 23.9 Å². The predicted octanol–water partition coefficient (Wildman–Crippen LogP) is 3.28. The van der Waals surface area contributed by atoms with Crippen molar-refractivity contribution in [3.8, 4) is 5.88 Å². The Hall–Kier alpha value is -2.45. The van der Waals surface area contributed by atoms with Gasteiger partial charge >= 0.3 is 6.09 Å². The number of aromatic nitrogens is 1. The van der Waals surface area contributed by atoms with E-state index in [1.165, 1.54) is 0 Å². The first-order valence-corrected chi connectivity index (χ1v) is 9.72. The summed E-state index contributed by atoms with van der Waals surface area (Å²) in [6.07, 6.45) is 0.874. The molecule has 1 atom stereocenters. The van der Waals surface area contributed by atoms with Gasteiger partial charge in [0.15, 0.2) is 5.82 Å². The summed E-state index contributed by atoms with van der Waals surface area (Å²) in [7, 11) is 0. The number of hydrogen-bond donors (Lipinski definition) is 1. The zero-order valence-electron chi connectivity index (χ0n) is 17.5. The van der Waals surface area contributed by atoms with Gasteiger partial charge in [0.2, 0.25) is 5.91 Å².